The molecule has 0 aliphatic rings. The molecule has 0 fully saturated rings. The lowest BCUT2D eigenvalue weighted by Crippen LogP contribution is -2.31. The van der Waals surface area contributed by atoms with Crippen molar-refractivity contribution in [1.29, 1.82) is 0 Å². The van der Waals surface area contributed by atoms with Crippen LogP contribution in [0.1, 0.15) is 6.42 Å². The van der Waals surface area contributed by atoms with E-state index in [-0.39, 0.29) is 25.7 Å². The van der Waals surface area contributed by atoms with Gasteiger partial charge in [0.2, 0.25) is 0 Å². The average Bonchev–Trinajstić information content (AvgIpc) is 2.68. The molecule has 1 heterocycles. The van der Waals surface area contributed by atoms with Gasteiger partial charge in [-0.15, -0.1) is 0 Å². The van der Waals surface area contributed by atoms with E-state index in [1.807, 2.05) is 0 Å². The first-order chi connectivity index (χ1) is 8.58. The Hall–Kier alpha value is -2.09. The molecule has 8 nitrogen and oxygen atoms in total. The van der Waals surface area contributed by atoms with Crippen LogP contribution in [0.3, 0.4) is 0 Å². The van der Waals surface area contributed by atoms with Gasteiger partial charge in [-0.3, -0.25) is 9.48 Å². The Labute approximate surface area is 104 Å². The number of nitrogens with zero attached hydrogens (tertiary/aromatic N) is 2. The van der Waals surface area contributed by atoms with E-state index in [0.29, 0.717) is 12.2 Å². The number of amides is 2. The number of carboxylic acids is 1. The van der Waals surface area contributed by atoms with E-state index >= 15 is 0 Å². The number of rotatable bonds is 7. The highest BCUT2D eigenvalue weighted by molar-refractivity contribution is 5.88. The van der Waals surface area contributed by atoms with Gasteiger partial charge in [0.15, 0.2) is 0 Å². The second kappa shape index (κ2) is 7.28. The minimum absolute atomic E-state index is 0.0398. The van der Waals surface area contributed by atoms with E-state index < -0.39 is 5.97 Å². The summed E-state index contributed by atoms with van der Waals surface area (Å²) in [6, 6.07) is -0.357. The van der Waals surface area contributed by atoms with Crippen molar-refractivity contribution in [3.05, 3.63) is 12.4 Å². The maximum atomic E-state index is 11.4. The first-order valence-corrected chi connectivity index (χ1v) is 5.41. The molecule has 0 aliphatic carbocycles. The number of aromatic nitrogens is 2. The van der Waals surface area contributed by atoms with Crippen LogP contribution in [0, 0.1) is 0 Å². The molecule has 0 unspecified atom stereocenters. The highest BCUT2D eigenvalue weighted by Gasteiger charge is 2.02. The third-order valence-corrected chi connectivity index (χ3v) is 1.95. The van der Waals surface area contributed by atoms with Gasteiger partial charge in [0, 0.05) is 19.8 Å². The number of ether oxygens (including phenoxy) is 1. The van der Waals surface area contributed by atoms with Gasteiger partial charge in [-0.05, 0) is 0 Å². The standard InChI is InChI=1S/C10H16N4O4/c1-14-7-8(6-12-14)13-10(17)11-3-5-18-4-2-9(15)16/h6-7H,2-5H2,1H3,(H,15,16)(H2,11,13,17). The lowest BCUT2D eigenvalue weighted by molar-refractivity contribution is -0.138. The van der Waals surface area contributed by atoms with Crippen molar-refractivity contribution in [3.8, 4) is 0 Å². The first kappa shape index (κ1) is 14.0. The number of carboxylic acid groups (broad SMARTS) is 1. The monoisotopic (exact) mass is 256 g/mol. The van der Waals surface area contributed by atoms with E-state index in [4.69, 9.17) is 9.84 Å². The predicted octanol–water partition coefficient (Wildman–Crippen LogP) is 0.0329. The van der Waals surface area contributed by atoms with Gasteiger partial charge < -0.3 is 20.5 Å². The van der Waals surface area contributed by atoms with E-state index in [0.717, 1.165) is 0 Å². The minimum Gasteiger partial charge on any atom is -0.481 e. The smallest absolute Gasteiger partial charge is 0.319 e. The van der Waals surface area contributed by atoms with Crippen molar-refractivity contribution >= 4 is 17.7 Å². The molecule has 8 heteroatoms. The molecule has 18 heavy (non-hydrogen) atoms. The van der Waals surface area contributed by atoms with Gasteiger partial charge in [0.05, 0.1) is 31.5 Å². The van der Waals surface area contributed by atoms with Crippen molar-refractivity contribution in [2.75, 3.05) is 25.1 Å². The molecule has 0 aliphatic heterocycles. The number of hydrogen-bond donors (Lipinski definition) is 3. The number of hydrogen-bond acceptors (Lipinski definition) is 4. The highest BCUT2D eigenvalue weighted by Crippen LogP contribution is 2.02. The van der Waals surface area contributed by atoms with Gasteiger partial charge in [-0.1, -0.05) is 0 Å². The van der Waals surface area contributed by atoms with Crippen molar-refractivity contribution in [1.82, 2.24) is 15.1 Å². The van der Waals surface area contributed by atoms with Gasteiger partial charge in [0.1, 0.15) is 0 Å². The molecule has 0 bridgehead atoms. The third-order valence-electron chi connectivity index (χ3n) is 1.95. The van der Waals surface area contributed by atoms with Gasteiger partial charge in [0.25, 0.3) is 0 Å². The summed E-state index contributed by atoms with van der Waals surface area (Å²) in [5, 5.41) is 17.4. The minimum atomic E-state index is -0.905. The Kier molecular flexibility index (Phi) is 5.65. The molecule has 1 aromatic heterocycles. The Morgan fingerprint density at radius 2 is 2.28 bits per heavy atom. The van der Waals surface area contributed by atoms with Gasteiger partial charge in [-0.2, -0.15) is 5.10 Å². The number of aryl methyl sites for hydroxylation is 1. The molecule has 3 N–H and O–H groups in total. The van der Waals surface area contributed by atoms with Crippen molar-refractivity contribution in [3.63, 3.8) is 0 Å². The van der Waals surface area contributed by atoms with Crippen LogP contribution < -0.4 is 10.6 Å². The maximum absolute atomic E-state index is 11.4. The van der Waals surface area contributed by atoms with Crippen LogP contribution in [0.5, 0.6) is 0 Å². The number of carbonyl (C=O) groups is 2. The molecular weight excluding hydrogens is 240 g/mol. The molecule has 100 valence electrons. The number of nitrogens with one attached hydrogen (secondary N) is 2. The second-order valence-corrected chi connectivity index (χ2v) is 3.54. The van der Waals surface area contributed by atoms with E-state index in [1.54, 1.807) is 17.9 Å². The molecule has 0 atom stereocenters. The molecule has 0 aromatic carbocycles. The van der Waals surface area contributed by atoms with Crippen LogP contribution in [-0.4, -0.2) is 46.6 Å². The molecular formula is C10H16N4O4. The third kappa shape index (κ3) is 5.85. The molecule has 0 radical (unpaired) electrons. The molecule has 0 saturated carbocycles. The SMILES string of the molecule is Cn1cc(NC(=O)NCCOCCC(=O)O)cn1. The summed E-state index contributed by atoms with van der Waals surface area (Å²) in [6.45, 7) is 0.723. The van der Waals surface area contributed by atoms with Crippen molar-refractivity contribution < 1.29 is 19.4 Å². The van der Waals surface area contributed by atoms with Crippen LogP contribution in [-0.2, 0) is 16.6 Å². The van der Waals surface area contributed by atoms with Crippen LogP contribution in [0.2, 0.25) is 0 Å². The fourth-order valence-electron chi connectivity index (χ4n) is 1.16. The zero-order valence-corrected chi connectivity index (χ0v) is 10.0. The van der Waals surface area contributed by atoms with Gasteiger partial charge >= 0.3 is 12.0 Å². The van der Waals surface area contributed by atoms with Crippen LogP contribution in [0.4, 0.5) is 10.5 Å². The normalized spacial score (nSPS) is 10.1. The topological polar surface area (TPSA) is 105 Å². The lowest BCUT2D eigenvalue weighted by Gasteiger charge is -2.06. The van der Waals surface area contributed by atoms with Crippen molar-refractivity contribution in [2.24, 2.45) is 7.05 Å². The fraction of sp³-hybridized carbons (Fsp3) is 0.500. The fourth-order valence-corrected chi connectivity index (χ4v) is 1.16. The van der Waals surface area contributed by atoms with E-state index in [2.05, 4.69) is 15.7 Å². The number of urea groups is 1. The molecule has 2 amide bonds. The molecule has 0 saturated heterocycles. The zero-order chi connectivity index (χ0) is 13.4. The summed E-state index contributed by atoms with van der Waals surface area (Å²) in [5.41, 5.74) is 0.599. The molecule has 0 spiro atoms. The Balaban J connectivity index is 2.05. The van der Waals surface area contributed by atoms with Crippen LogP contribution in [0.25, 0.3) is 0 Å². The lowest BCUT2D eigenvalue weighted by atomic mass is 10.5. The average molecular weight is 256 g/mol. The molecule has 1 rings (SSSR count). The summed E-state index contributed by atoms with van der Waals surface area (Å²) in [6.07, 6.45) is 3.16. The summed E-state index contributed by atoms with van der Waals surface area (Å²) >= 11 is 0. The number of aliphatic carboxylic acids is 1. The quantitative estimate of drug-likeness (QED) is 0.597. The van der Waals surface area contributed by atoms with Crippen LogP contribution in [0.15, 0.2) is 12.4 Å². The Bertz CT molecular complexity index is 404. The maximum Gasteiger partial charge on any atom is 0.319 e. The first-order valence-electron chi connectivity index (χ1n) is 5.41. The van der Waals surface area contributed by atoms with E-state index in [1.165, 1.54) is 6.20 Å². The predicted molar refractivity (Wildman–Crippen MR) is 63.3 cm³/mol. The largest absolute Gasteiger partial charge is 0.481 e. The van der Waals surface area contributed by atoms with Gasteiger partial charge in [-0.25, -0.2) is 4.79 Å². The number of carbonyl (C=O) groups excluding carboxylic acids is 1. The van der Waals surface area contributed by atoms with E-state index in [9.17, 15) is 9.59 Å². The van der Waals surface area contributed by atoms with Crippen molar-refractivity contribution in [2.45, 2.75) is 6.42 Å². The molecule has 1 aromatic rings. The summed E-state index contributed by atoms with van der Waals surface area (Å²) in [4.78, 5) is 21.5. The van der Waals surface area contributed by atoms with Crippen LogP contribution >= 0.6 is 0 Å². The summed E-state index contributed by atoms with van der Waals surface area (Å²) in [7, 11) is 1.75. The highest BCUT2D eigenvalue weighted by atomic mass is 16.5. The Morgan fingerprint density at radius 1 is 1.50 bits per heavy atom. The Morgan fingerprint density at radius 3 is 2.89 bits per heavy atom. The summed E-state index contributed by atoms with van der Waals surface area (Å²) < 4.78 is 6.58. The zero-order valence-electron chi connectivity index (χ0n) is 10.0. The second-order valence-electron chi connectivity index (χ2n) is 3.54. The summed E-state index contributed by atoms with van der Waals surface area (Å²) in [5.74, 6) is -0.905. The number of anilines is 1.